The van der Waals surface area contributed by atoms with Crippen molar-refractivity contribution in [2.75, 3.05) is 26.4 Å². The van der Waals surface area contributed by atoms with Crippen molar-refractivity contribution in [3.05, 3.63) is 29.6 Å². The van der Waals surface area contributed by atoms with Crippen LogP contribution in [0.2, 0.25) is 0 Å². The van der Waals surface area contributed by atoms with E-state index >= 15 is 0 Å². The summed E-state index contributed by atoms with van der Waals surface area (Å²) in [5.41, 5.74) is 6.70. The minimum absolute atomic E-state index is 0.0191. The van der Waals surface area contributed by atoms with Crippen LogP contribution in [0.3, 0.4) is 0 Å². The topological polar surface area (TPSA) is 97.5 Å². The van der Waals surface area contributed by atoms with Crippen molar-refractivity contribution in [3.8, 4) is 0 Å². The van der Waals surface area contributed by atoms with E-state index in [0.29, 0.717) is 44.0 Å². The Morgan fingerprint density at radius 3 is 3.06 bits per heavy atom. The largest absolute Gasteiger partial charge is 0.394 e. The fourth-order valence-corrected chi connectivity index (χ4v) is 1.38. The first-order valence-electron chi connectivity index (χ1n) is 5.89. The Bertz CT molecular complexity index is 371. The lowest BCUT2D eigenvalue weighted by molar-refractivity contribution is 0.0867. The van der Waals surface area contributed by atoms with Gasteiger partial charge >= 0.3 is 0 Å². The summed E-state index contributed by atoms with van der Waals surface area (Å²) in [4.78, 5) is 15.8. The van der Waals surface area contributed by atoms with Gasteiger partial charge in [0.2, 0.25) is 0 Å². The zero-order valence-corrected chi connectivity index (χ0v) is 10.3. The van der Waals surface area contributed by atoms with Gasteiger partial charge in [0.15, 0.2) is 0 Å². The highest BCUT2D eigenvalue weighted by Gasteiger charge is 2.05. The molecule has 0 aliphatic heterocycles. The van der Waals surface area contributed by atoms with E-state index < -0.39 is 0 Å². The van der Waals surface area contributed by atoms with Crippen molar-refractivity contribution >= 4 is 5.91 Å². The predicted molar refractivity (Wildman–Crippen MR) is 67.0 cm³/mol. The molecule has 1 rings (SSSR count). The molecule has 0 saturated carbocycles. The lowest BCUT2D eigenvalue weighted by Crippen LogP contribution is -2.25. The summed E-state index contributed by atoms with van der Waals surface area (Å²) in [6.07, 6.45) is 2.28. The van der Waals surface area contributed by atoms with Crippen molar-refractivity contribution < 1.29 is 14.6 Å². The maximum Gasteiger partial charge on any atom is 0.251 e. The number of aliphatic hydroxyl groups excluding tert-OH is 1. The first kappa shape index (κ1) is 14.6. The van der Waals surface area contributed by atoms with Crippen LogP contribution in [0.4, 0.5) is 0 Å². The van der Waals surface area contributed by atoms with E-state index in [1.54, 1.807) is 18.3 Å². The Hall–Kier alpha value is -1.50. The molecule has 1 aromatic rings. The lowest BCUT2D eigenvalue weighted by Gasteiger charge is -2.06. The number of carbonyl (C=O) groups excluding carboxylic acids is 1. The van der Waals surface area contributed by atoms with Gasteiger partial charge in [-0.2, -0.15) is 0 Å². The van der Waals surface area contributed by atoms with Crippen LogP contribution in [-0.2, 0) is 11.3 Å². The van der Waals surface area contributed by atoms with Crippen LogP contribution in [0.25, 0.3) is 0 Å². The van der Waals surface area contributed by atoms with Gasteiger partial charge in [-0.15, -0.1) is 0 Å². The molecule has 1 amide bonds. The molecule has 0 atom stereocenters. The summed E-state index contributed by atoms with van der Waals surface area (Å²) in [7, 11) is 0. The molecule has 0 aliphatic carbocycles. The zero-order valence-electron chi connectivity index (χ0n) is 10.3. The fourth-order valence-electron chi connectivity index (χ4n) is 1.38. The number of hydrogen-bond donors (Lipinski definition) is 3. The molecule has 4 N–H and O–H groups in total. The van der Waals surface area contributed by atoms with Crippen LogP contribution >= 0.6 is 0 Å². The van der Waals surface area contributed by atoms with Crippen LogP contribution in [0.15, 0.2) is 18.3 Å². The van der Waals surface area contributed by atoms with Crippen LogP contribution in [-0.4, -0.2) is 42.4 Å². The molecule has 6 nitrogen and oxygen atoms in total. The number of nitrogens with two attached hydrogens (primary N) is 1. The van der Waals surface area contributed by atoms with Gasteiger partial charge in [-0.25, -0.2) is 0 Å². The number of nitrogens with one attached hydrogen (secondary N) is 1. The lowest BCUT2D eigenvalue weighted by atomic mass is 10.2. The minimum Gasteiger partial charge on any atom is -0.394 e. The van der Waals surface area contributed by atoms with Crippen molar-refractivity contribution in [2.24, 2.45) is 5.73 Å². The standard InChI is InChI=1S/C12H19N3O3/c13-9-11-8-10(2-4-14-11)12(17)15-3-1-6-18-7-5-16/h2,4,8,16H,1,3,5-7,9,13H2,(H,15,17). The molecular weight excluding hydrogens is 234 g/mol. The molecule has 0 spiro atoms. The quantitative estimate of drug-likeness (QED) is 0.551. The first-order valence-corrected chi connectivity index (χ1v) is 5.89. The van der Waals surface area contributed by atoms with Gasteiger partial charge in [-0.1, -0.05) is 0 Å². The summed E-state index contributed by atoms with van der Waals surface area (Å²) in [5, 5.41) is 11.3. The fraction of sp³-hybridized carbons (Fsp3) is 0.500. The highest BCUT2D eigenvalue weighted by atomic mass is 16.5. The number of rotatable bonds is 8. The smallest absolute Gasteiger partial charge is 0.251 e. The number of pyridine rings is 1. The molecule has 100 valence electrons. The number of aromatic nitrogens is 1. The third-order valence-corrected chi connectivity index (χ3v) is 2.27. The zero-order chi connectivity index (χ0) is 13.2. The highest BCUT2D eigenvalue weighted by molar-refractivity contribution is 5.94. The number of amides is 1. The van der Waals surface area contributed by atoms with Gasteiger partial charge in [0.25, 0.3) is 5.91 Å². The molecule has 6 heteroatoms. The van der Waals surface area contributed by atoms with Crippen LogP contribution in [0.5, 0.6) is 0 Å². The molecule has 0 saturated heterocycles. The number of ether oxygens (including phenoxy) is 1. The highest BCUT2D eigenvalue weighted by Crippen LogP contribution is 2.01. The Kier molecular flexibility index (Phi) is 6.93. The number of aliphatic hydroxyl groups is 1. The van der Waals surface area contributed by atoms with Gasteiger partial charge < -0.3 is 20.9 Å². The number of nitrogens with zero attached hydrogens (tertiary/aromatic N) is 1. The second-order valence-corrected chi connectivity index (χ2v) is 3.69. The Labute approximate surface area is 106 Å². The van der Waals surface area contributed by atoms with Crippen molar-refractivity contribution in [1.29, 1.82) is 0 Å². The van der Waals surface area contributed by atoms with Crippen LogP contribution in [0, 0.1) is 0 Å². The SMILES string of the molecule is NCc1cc(C(=O)NCCCOCCO)ccn1. The number of carbonyl (C=O) groups is 1. The van der Waals surface area contributed by atoms with Crippen molar-refractivity contribution in [3.63, 3.8) is 0 Å². The van der Waals surface area contributed by atoms with Gasteiger partial charge in [0.1, 0.15) is 0 Å². The number of hydrogen-bond acceptors (Lipinski definition) is 5. The summed E-state index contributed by atoms with van der Waals surface area (Å²) < 4.78 is 5.08. The van der Waals surface area contributed by atoms with E-state index in [9.17, 15) is 4.79 Å². The maximum atomic E-state index is 11.7. The average Bonchev–Trinajstić information content (AvgIpc) is 2.42. The minimum atomic E-state index is -0.144. The van der Waals surface area contributed by atoms with Crippen LogP contribution in [0.1, 0.15) is 22.5 Å². The molecule has 0 aromatic carbocycles. The Morgan fingerprint density at radius 1 is 1.50 bits per heavy atom. The molecule has 0 unspecified atom stereocenters. The van der Waals surface area contributed by atoms with E-state index in [1.807, 2.05) is 0 Å². The summed E-state index contributed by atoms with van der Waals surface area (Å²) in [6, 6.07) is 3.33. The van der Waals surface area contributed by atoms with Crippen LogP contribution < -0.4 is 11.1 Å². The van der Waals surface area contributed by atoms with Gasteiger partial charge in [0.05, 0.1) is 18.9 Å². The van der Waals surface area contributed by atoms with E-state index in [0.717, 1.165) is 0 Å². The van der Waals surface area contributed by atoms with E-state index in [4.69, 9.17) is 15.6 Å². The summed E-state index contributed by atoms with van der Waals surface area (Å²) >= 11 is 0. The van der Waals surface area contributed by atoms with E-state index in [-0.39, 0.29) is 12.5 Å². The van der Waals surface area contributed by atoms with E-state index in [1.165, 1.54) is 0 Å². The molecule has 1 aromatic heterocycles. The second-order valence-electron chi connectivity index (χ2n) is 3.69. The third-order valence-electron chi connectivity index (χ3n) is 2.27. The Balaban J connectivity index is 2.27. The first-order chi connectivity index (χ1) is 8.77. The van der Waals surface area contributed by atoms with Gasteiger partial charge in [0, 0.05) is 31.5 Å². The monoisotopic (exact) mass is 253 g/mol. The molecule has 0 aliphatic rings. The molecule has 0 radical (unpaired) electrons. The Morgan fingerprint density at radius 2 is 2.33 bits per heavy atom. The van der Waals surface area contributed by atoms with Gasteiger partial charge in [-0.3, -0.25) is 9.78 Å². The predicted octanol–water partition coefficient (Wildman–Crippen LogP) is -0.331. The van der Waals surface area contributed by atoms with Crippen molar-refractivity contribution in [1.82, 2.24) is 10.3 Å². The normalized spacial score (nSPS) is 10.3. The van der Waals surface area contributed by atoms with E-state index in [2.05, 4.69) is 10.3 Å². The third kappa shape index (κ3) is 5.22. The molecular formula is C12H19N3O3. The van der Waals surface area contributed by atoms with Gasteiger partial charge in [-0.05, 0) is 18.6 Å². The molecule has 18 heavy (non-hydrogen) atoms. The summed E-state index contributed by atoms with van der Waals surface area (Å²) in [6.45, 7) is 1.72. The second kappa shape index (κ2) is 8.57. The average molecular weight is 253 g/mol. The maximum absolute atomic E-state index is 11.7. The molecule has 0 bridgehead atoms. The molecule has 0 fully saturated rings. The summed E-state index contributed by atoms with van der Waals surface area (Å²) in [5.74, 6) is -0.144. The molecule has 1 heterocycles. The van der Waals surface area contributed by atoms with Crippen molar-refractivity contribution in [2.45, 2.75) is 13.0 Å².